The van der Waals surface area contributed by atoms with Crippen LogP contribution in [0.5, 0.6) is 0 Å². The lowest BCUT2D eigenvalue weighted by Crippen LogP contribution is -2.59. The lowest BCUT2D eigenvalue weighted by molar-refractivity contribution is 0.0649. The Bertz CT molecular complexity index is 433. The van der Waals surface area contributed by atoms with Crippen molar-refractivity contribution in [2.75, 3.05) is 19.6 Å². The van der Waals surface area contributed by atoms with Gasteiger partial charge in [-0.25, -0.2) is 4.79 Å². The Kier molecular flexibility index (Phi) is 3.07. The summed E-state index contributed by atoms with van der Waals surface area (Å²) in [5.41, 5.74) is 1.73. The lowest BCUT2D eigenvalue weighted by atomic mass is 9.85. The van der Waals surface area contributed by atoms with Crippen LogP contribution < -0.4 is 5.32 Å². The van der Waals surface area contributed by atoms with E-state index in [-0.39, 0.29) is 0 Å². The van der Waals surface area contributed by atoms with E-state index in [1.165, 1.54) is 4.90 Å². The van der Waals surface area contributed by atoms with Crippen molar-refractivity contribution in [3.63, 3.8) is 0 Å². The van der Waals surface area contributed by atoms with E-state index in [1.54, 1.807) is 0 Å². The Morgan fingerprint density at radius 2 is 2.18 bits per heavy atom. The maximum Gasteiger partial charge on any atom is 0.408 e. The quantitative estimate of drug-likeness (QED) is 0.779. The molecular weight excluding hydrogens is 216 g/mol. The van der Waals surface area contributed by atoms with Gasteiger partial charge in [0, 0.05) is 19.6 Å². The van der Waals surface area contributed by atoms with E-state index in [2.05, 4.69) is 5.32 Å². The highest BCUT2D eigenvalue weighted by Gasteiger charge is 2.39. The maximum atomic E-state index is 11.4. The number of benzene rings is 1. The van der Waals surface area contributed by atoms with Gasteiger partial charge >= 0.3 is 6.09 Å². The number of hydrogen-bond donors (Lipinski definition) is 2. The van der Waals surface area contributed by atoms with Crippen LogP contribution in [0.3, 0.4) is 0 Å². The molecule has 1 aliphatic rings. The van der Waals surface area contributed by atoms with Crippen molar-refractivity contribution in [1.82, 2.24) is 10.2 Å². The lowest BCUT2D eigenvalue weighted by Gasteiger charge is -2.44. The molecule has 4 heteroatoms. The van der Waals surface area contributed by atoms with E-state index in [0.29, 0.717) is 19.6 Å². The Hall–Kier alpha value is -1.55. The average molecular weight is 234 g/mol. The number of carbonyl (C=O) groups is 1. The normalized spacial score (nSPS) is 24.7. The minimum absolute atomic E-state index is 0.477. The van der Waals surface area contributed by atoms with Gasteiger partial charge in [-0.15, -0.1) is 0 Å². The van der Waals surface area contributed by atoms with Gasteiger partial charge in [-0.1, -0.05) is 24.3 Å². The van der Waals surface area contributed by atoms with Gasteiger partial charge in [-0.05, 0) is 25.0 Å². The average Bonchev–Trinajstić information content (AvgIpc) is 2.29. The second kappa shape index (κ2) is 4.37. The summed E-state index contributed by atoms with van der Waals surface area (Å²) in [5, 5.41) is 12.6. The van der Waals surface area contributed by atoms with Gasteiger partial charge in [0.25, 0.3) is 0 Å². The van der Waals surface area contributed by atoms with Gasteiger partial charge in [0.1, 0.15) is 0 Å². The third-order valence-corrected chi connectivity index (χ3v) is 3.53. The van der Waals surface area contributed by atoms with Crippen LogP contribution in [0.25, 0.3) is 0 Å². The van der Waals surface area contributed by atoms with Crippen molar-refractivity contribution in [2.45, 2.75) is 19.4 Å². The first-order valence-corrected chi connectivity index (χ1v) is 5.83. The molecule has 1 atom stereocenters. The van der Waals surface area contributed by atoms with Gasteiger partial charge < -0.3 is 10.4 Å². The summed E-state index contributed by atoms with van der Waals surface area (Å²) in [4.78, 5) is 12.9. The van der Waals surface area contributed by atoms with Gasteiger partial charge in [-0.3, -0.25) is 4.90 Å². The van der Waals surface area contributed by atoms with E-state index < -0.39 is 11.6 Å². The number of nitrogens with zero attached hydrogens (tertiary/aromatic N) is 1. The van der Waals surface area contributed by atoms with E-state index in [9.17, 15) is 9.90 Å². The molecule has 1 heterocycles. The number of rotatable bonds is 1. The predicted octanol–water partition coefficient (Wildman–Crippen LogP) is 1.79. The first kappa shape index (κ1) is 11.9. The van der Waals surface area contributed by atoms with Crippen LogP contribution in [0, 0.1) is 6.92 Å². The monoisotopic (exact) mass is 234 g/mol. The number of nitrogens with one attached hydrogen (secondary N) is 1. The maximum absolute atomic E-state index is 11.4. The van der Waals surface area contributed by atoms with Crippen LogP contribution in [0.15, 0.2) is 24.3 Å². The number of hydrogen-bond acceptors (Lipinski definition) is 2. The van der Waals surface area contributed by atoms with Crippen LogP contribution in [0.2, 0.25) is 0 Å². The summed E-state index contributed by atoms with van der Waals surface area (Å²) >= 11 is 0. The molecule has 0 saturated carbocycles. The zero-order valence-electron chi connectivity index (χ0n) is 10.2. The van der Waals surface area contributed by atoms with E-state index in [4.69, 9.17) is 0 Å². The molecule has 2 rings (SSSR count). The SMILES string of the molecule is Cc1ccccc1C1(C)CNCCN1C(=O)O. The molecule has 1 amide bonds. The predicted molar refractivity (Wildman–Crippen MR) is 66.1 cm³/mol. The molecule has 1 aromatic rings. The van der Waals surface area contributed by atoms with E-state index in [0.717, 1.165) is 11.1 Å². The Morgan fingerprint density at radius 3 is 2.82 bits per heavy atom. The van der Waals surface area contributed by atoms with Gasteiger partial charge in [-0.2, -0.15) is 0 Å². The molecule has 0 spiro atoms. The first-order chi connectivity index (χ1) is 8.05. The summed E-state index contributed by atoms with van der Waals surface area (Å²) < 4.78 is 0. The molecule has 1 aromatic carbocycles. The summed E-state index contributed by atoms with van der Waals surface area (Å²) in [6, 6.07) is 7.97. The molecule has 4 nitrogen and oxygen atoms in total. The fraction of sp³-hybridized carbons (Fsp3) is 0.462. The third-order valence-electron chi connectivity index (χ3n) is 3.53. The van der Waals surface area contributed by atoms with Crippen molar-refractivity contribution >= 4 is 6.09 Å². The van der Waals surface area contributed by atoms with Crippen molar-refractivity contribution in [3.8, 4) is 0 Å². The van der Waals surface area contributed by atoms with Crippen molar-refractivity contribution < 1.29 is 9.90 Å². The largest absolute Gasteiger partial charge is 0.465 e. The van der Waals surface area contributed by atoms with Crippen LogP contribution in [-0.4, -0.2) is 35.7 Å². The number of aryl methyl sites for hydroxylation is 1. The highest BCUT2D eigenvalue weighted by molar-refractivity contribution is 5.67. The Morgan fingerprint density at radius 1 is 1.47 bits per heavy atom. The fourth-order valence-electron chi connectivity index (χ4n) is 2.59. The molecule has 17 heavy (non-hydrogen) atoms. The van der Waals surface area contributed by atoms with Crippen LogP contribution in [-0.2, 0) is 5.54 Å². The third kappa shape index (κ3) is 2.00. The molecule has 0 aromatic heterocycles. The van der Waals surface area contributed by atoms with E-state index >= 15 is 0 Å². The number of amides is 1. The molecule has 0 aliphatic carbocycles. The fourth-order valence-corrected chi connectivity index (χ4v) is 2.59. The van der Waals surface area contributed by atoms with Crippen LogP contribution in [0.1, 0.15) is 18.1 Å². The second-order valence-corrected chi connectivity index (χ2v) is 4.70. The Labute approximate surface area is 101 Å². The molecule has 92 valence electrons. The van der Waals surface area contributed by atoms with Crippen molar-refractivity contribution in [3.05, 3.63) is 35.4 Å². The Balaban J connectivity index is 2.45. The number of piperazine rings is 1. The first-order valence-electron chi connectivity index (χ1n) is 5.83. The second-order valence-electron chi connectivity index (χ2n) is 4.70. The minimum atomic E-state index is -0.850. The zero-order valence-corrected chi connectivity index (χ0v) is 10.2. The molecule has 1 fully saturated rings. The molecule has 1 aliphatic heterocycles. The topological polar surface area (TPSA) is 52.6 Å². The molecule has 0 bridgehead atoms. The van der Waals surface area contributed by atoms with Crippen LogP contribution in [0.4, 0.5) is 4.79 Å². The smallest absolute Gasteiger partial charge is 0.408 e. The van der Waals surface area contributed by atoms with Crippen LogP contribution >= 0.6 is 0 Å². The minimum Gasteiger partial charge on any atom is -0.465 e. The summed E-state index contributed by atoms with van der Waals surface area (Å²) in [5.74, 6) is 0. The standard InChI is InChI=1S/C13H18N2O2/c1-10-5-3-4-6-11(10)13(2)9-14-7-8-15(13)12(16)17/h3-6,14H,7-9H2,1-2H3,(H,16,17). The molecule has 1 saturated heterocycles. The van der Waals surface area contributed by atoms with Crippen molar-refractivity contribution in [1.29, 1.82) is 0 Å². The highest BCUT2D eigenvalue weighted by Crippen LogP contribution is 2.31. The van der Waals surface area contributed by atoms with Gasteiger partial charge in [0.05, 0.1) is 5.54 Å². The summed E-state index contributed by atoms with van der Waals surface area (Å²) in [6.45, 7) is 5.91. The molecule has 2 N–H and O–H groups in total. The summed E-state index contributed by atoms with van der Waals surface area (Å²) in [7, 11) is 0. The summed E-state index contributed by atoms with van der Waals surface area (Å²) in [6.07, 6.45) is -0.850. The molecular formula is C13H18N2O2. The molecule has 0 radical (unpaired) electrons. The van der Waals surface area contributed by atoms with Gasteiger partial charge in [0.2, 0.25) is 0 Å². The van der Waals surface area contributed by atoms with Crippen molar-refractivity contribution in [2.24, 2.45) is 0 Å². The van der Waals surface area contributed by atoms with Gasteiger partial charge in [0.15, 0.2) is 0 Å². The highest BCUT2D eigenvalue weighted by atomic mass is 16.4. The number of carboxylic acid groups (broad SMARTS) is 1. The molecule has 1 unspecified atom stereocenters. The zero-order chi connectivity index (χ0) is 12.5. The van der Waals surface area contributed by atoms with E-state index in [1.807, 2.05) is 38.1 Å².